The van der Waals surface area contributed by atoms with Crippen molar-refractivity contribution in [2.24, 2.45) is 0 Å². The monoisotopic (exact) mass is 143 g/mol. The molecular formula is C9H5NO. The molecule has 0 spiro atoms. The highest BCUT2D eigenvalue weighted by atomic mass is 16.3. The van der Waals surface area contributed by atoms with E-state index in [2.05, 4.69) is 10.9 Å². The van der Waals surface area contributed by atoms with Gasteiger partial charge >= 0.3 is 0 Å². The third kappa shape index (κ3) is 0.786. The molecule has 0 bridgehead atoms. The van der Waals surface area contributed by atoms with Gasteiger partial charge in [0.25, 0.3) is 0 Å². The van der Waals surface area contributed by atoms with E-state index in [1.165, 1.54) is 6.39 Å². The summed E-state index contributed by atoms with van der Waals surface area (Å²) in [6.45, 7) is 0. The Hall–Kier alpha value is -1.75. The van der Waals surface area contributed by atoms with Crippen molar-refractivity contribution in [3.63, 3.8) is 0 Å². The molecule has 0 aliphatic carbocycles. The fourth-order valence-corrected chi connectivity index (χ4v) is 1.000. The number of nitrogens with zero attached hydrogens (tertiary/aromatic N) is 1. The molecule has 2 nitrogen and oxygen atoms in total. The Kier molecular flexibility index (Phi) is 1.16. The number of fused-ring (bicyclic) bond motifs is 1. The summed E-state index contributed by atoms with van der Waals surface area (Å²) in [5, 5.41) is 0. The lowest BCUT2D eigenvalue weighted by molar-refractivity contribution is 0.601. The minimum atomic E-state index is 0.690. The lowest BCUT2D eigenvalue weighted by Crippen LogP contribution is -1.73. The SMILES string of the molecule is C#Cc1cccc2ncoc12. The molecule has 0 amide bonds. The third-order valence-corrected chi connectivity index (χ3v) is 1.51. The molecule has 52 valence electrons. The van der Waals surface area contributed by atoms with Crippen molar-refractivity contribution >= 4 is 11.1 Å². The standard InChI is InChI=1S/C9H5NO/c1-2-7-4-3-5-8-9(7)11-6-10-8/h1,3-6H. The van der Waals surface area contributed by atoms with E-state index in [1.807, 2.05) is 18.2 Å². The Morgan fingerprint density at radius 3 is 3.18 bits per heavy atom. The summed E-state index contributed by atoms with van der Waals surface area (Å²) in [5.74, 6) is 2.52. The van der Waals surface area contributed by atoms with Gasteiger partial charge in [-0.05, 0) is 12.1 Å². The Morgan fingerprint density at radius 1 is 1.45 bits per heavy atom. The van der Waals surface area contributed by atoms with Crippen LogP contribution in [0, 0.1) is 12.3 Å². The lowest BCUT2D eigenvalue weighted by Gasteiger charge is -1.88. The fourth-order valence-electron chi connectivity index (χ4n) is 1.000. The first-order valence-corrected chi connectivity index (χ1v) is 3.20. The van der Waals surface area contributed by atoms with Crippen LogP contribution in [0.25, 0.3) is 11.1 Å². The van der Waals surface area contributed by atoms with Crippen molar-refractivity contribution in [2.75, 3.05) is 0 Å². The van der Waals surface area contributed by atoms with Gasteiger partial charge in [-0.2, -0.15) is 0 Å². The number of aromatic nitrogens is 1. The first-order chi connectivity index (χ1) is 5.42. The van der Waals surface area contributed by atoms with E-state index in [1.54, 1.807) is 0 Å². The summed E-state index contributed by atoms with van der Waals surface area (Å²) in [7, 11) is 0. The number of para-hydroxylation sites is 1. The number of benzene rings is 1. The van der Waals surface area contributed by atoms with Gasteiger partial charge in [-0.15, -0.1) is 6.42 Å². The van der Waals surface area contributed by atoms with E-state index < -0.39 is 0 Å². The number of rotatable bonds is 0. The Bertz CT molecular complexity index is 422. The summed E-state index contributed by atoms with van der Waals surface area (Å²) in [5.41, 5.74) is 2.25. The summed E-state index contributed by atoms with van der Waals surface area (Å²) in [4.78, 5) is 3.97. The van der Waals surface area contributed by atoms with Gasteiger partial charge in [0.2, 0.25) is 0 Å². The van der Waals surface area contributed by atoms with Crippen LogP contribution in [0.5, 0.6) is 0 Å². The largest absolute Gasteiger partial charge is 0.442 e. The first-order valence-electron chi connectivity index (χ1n) is 3.20. The van der Waals surface area contributed by atoms with Gasteiger partial charge in [0.1, 0.15) is 5.52 Å². The Morgan fingerprint density at radius 2 is 2.36 bits per heavy atom. The highest BCUT2D eigenvalue weighted by Gasteiger charge is 2.00. The van der Waals surface area contributed by atoms with E-state index >= 15 is 0 Å². The van der Waals surface area contributed by atoms with Gasteiger partial charge in [0.15, 0.2) is 12.0 Å². The van der Waals surface area contributed by atoms with E-state index in [0.29, 0.717) is 5.58 Å². The van der Waals surface area contributed by atoms with Crippen molar-refractivity contribution in [3.05, 3.63) is 30.2 Å². The van der Waals surface area contributed by atoms with Crippen LogP contribution in [0.2, 0.25) is 0 Å². The van der Waals surface area contributed by atoms with Crippen LogP contribution in [-0.4, -0.2) is 4.98 Å². The highest BCUT2D eigenvalue weighted by Crippen LogP contribution is 2.15. The van der Waals surface area contributed by atoms with Crippen LogP contribution < -0.4 is 0 Å². The fraction of sp³-hybridized carbons (Fsp3) is 0. The number of hydrogen-bond acceptors (Lipinski definition) is 2. The molecule has 0 saturated carbocycles. The van der Waals surface area contributed by atoms with Crippen molar-refractivity contribution < 1.29 is 4.42 Å². The van der Waals surface area contributed by atoms with Crippen molar-refractivity contribution in [2.45, 2.75) is 0 Å². The minimum absolute atomic E-state index is 0.690. The summed E-state index contributed by atoms with van der Waals surface area (Å²) < 4.78 is 5.09. The lowest BCUT2D eigenvalue weighted by atomic mass is 10.2. The first kappa shape index (κ1) is 5.99. The van der Waals surface area contributed by atoms with Crippen LogP contribution in [0.15, 0.2) is 29.0 Å². The zero-order valence-corrected chi connectivity index (χ0v) is 5.74. The highest BCUT2D eigenvalue weighted by molar-refractivity contribution is 5.78. The van der Waals surface area contributed by atoms with Crippen LogP contribution in [0.1, 0.15) is 5.56 Å². The normalized spacial score (nSPS) is 9.73. The summed E-state index contributed by atoms with van der Waals surface area (Å²) in [6, 6.07) is 5.55. The van der Waals surface area contributed by atoms with Crippen molar-refractivity contribution in [1.82, 2.24) is 4.98 Å². The van der Waals surface area contributed by atoms with Gasteiger partial charge in [0.05, 0.1) is 5.56 Å². The van der Waals surface area contributed by atoms with Gasteiger partial charge in [-0.25, -0.2) is 4.98 Å². The molecule has 11 heavy (non-hydrogen) atoms. The maximum absolute atomic E-state index is 5.24. The van der Waals surface area contributed by atoms with Crippen molar-refractivity contribution in [3.8, 4) is 12.3 Å². The number of oxazole rings is 1. The molecule has 2 heteroatoms. The summed E-state index contributed by atoms with van der Waals surface area (Å²) in [6.07, 6.45) is 6.63. The van der Waals surface area contributed by atoms with Gasteiger partial charge in [-0.3, -0.25) is 0 Å². The van der Waals surface area contributed by atoms with Gasteiger partial charge in [0, 0.05) is 0 Å². The molecule has 1 aromatic heterocycles. The van der Waals surface area contributed by atoms with E-state index in [-0.39, 0.29) is 0 Å². The molecule has 0 aliphatic heterocycles. The molecular weight excluding hydrogens is 138 g/mol. The molecule has 0 fully saturated rings. The van der Waals surface area contributed by atoms with Crippen LogP contribution in [-0.2, 0) is 0 Å². The van der Waals surface area contributed by atoms with Crippen LogP contribution in [0.4, 0.5) is 0 Å². The zero-order chi connectivity index (χ0) is 7.68. The average Bonchev–Trinajstić information content (AvgIpc) is 2.50. The molecule has 2 aromatic rings. The Balaban J connectivity index is 2.92. The van der Waals surface area contributed by atoms with E-state index in [4.69, 9.17) is 10.8 Å². The molecule has 0 saturated heterocycles. The predicted octanol–water partition coefficient (Wildman–Crippen LogP) is 1.81. The smallest absolute Gasteiger partial charge is 0.182 e. The van der Waals surface area contributed by atoms with Crippen molar-refractivity contribution in [1.29, 1.82) is 0 Å². The molecule has 0 aliphatic rings. The maximum atomic E-state index is 5.24. The molecule has 1 aromatic carbocycles. The van der Waals surface area contributed by atoms with Gasteiger partial charge < -0.3 is 4.42 Å². The van der Waals surface area contributed by atoms with Crippen LogP contribution >= 0.6 is 0 Å². The van der Waals surface area contributed by atoms with Gasteiger partial charge in [-0.1, -0.05) is 12.0 Å². The molecule has 0 radical (unpaired) electrons. The Labute approximate surface area is 63.9 Å². The van der Waals surface area contributed by atoms with Crippen LogP contribution in [0.3, 0.4) is 0 Å². The molecule has 1 heterocycles. The molecule has 0 unspecified atom stereocenters. The topological polar surface area (TPSA) is 26.0 Å². The molecule has 0 atom stereocenters. The minimum Gasteiger partial charge on any atom is -0.442 e. The van der Waals surface area contributed by atoms with E-state index in [9.17, 15) is 0 Å². The second-order valence-corrected chi connectivity index (χ2v) is 2.15. The number of hydrogen-bond donors (Lipinski definition) is 0. The zero-order valence-electron chi connectivity index (χ0n) is 5.74. The molecule has 0 N–H and O–H groups in total. The molecule has 2 rings (SSSR count). The average molecular weight is 143 g/mol. The number of terminal acetylenes is 1. The quantitative estimate of drug-likeness (QED) is 0.525. The second-order valence-electron chi connectivity index (χ2n) is 2.15. The second kappa shape index (κ2) is 2.14. The maximum Gasteiger partial charge on any atom is 0.182 e. The summed E-state index contributed by atoms with van der Waals surface area (Å²) >= 11 is 0. The van der Waals surface area contributed by atoms with E-state index in [0.717, 1.165) is 11.1 Å². The third-order valence-electron chi connectivity index (χ3n) is 1.51. The predicted molar refractivity (Wildman–Crippen MR) is 41.9 cm³/mol.